The minimum Gasteiger partial charge on any atom is -0.465 e. The Morgan fingerprint density at radius 3 is 3.00 bits per heavy atom. The molecular weight excluding hydrogens is 242 g/mol. The van der Waals surface area contributed by atoms with Gasteiger partial charge in [-0.1, -0.05) is 18.2 Å². The molecule has 1 aliphatic heterocycles. The maximum Gasteiger partial charge on any atom is 0.316 e. The van der Waals surface area contributed by atoms with E-state index in [1.165, 1.54) is 0 Å². The fourth-order valence-corrected chi connectivity index (χ4v) is 2.69. The molecule has 0 spiro atoms. The largest absolute Gasteiger partial charge is 0.465 e. The predicted molar refractivity (Wildman–Crippen MR) is 71.0 cm³/mol. The number of hydrogen-bond acceptors (Lipinski definition) is 3. The maximum absolute atomic E-state index is 12.4. The van der Waals surface area contributed by atoms with Gasteiger partial charge in [0.1, 0.15) is 5.92 Å². The standard InChI is InChI=1S/C15H15NO3/c1-2-19-15(18)11-7-8-16-12-6-4-3-5-10(12)9-13(16)14(11)17/h3-6,9,11H,2,7-8H2,1H3/t11-/m0/s1. The minimum absolute atomic E-state index is 0.124. The number of aromatic nitrogens is 1. The molecule has 0 aliphatic carbocycles. The van der Waals surface area contributed by atoms with Gasteiger partial charge in [0.25, 0.3) is 0 Å². The number of rotatable bonds is 2. The molecular formula is C15H15NO3. The van der Waals surface area contributed by atoms with E-state index in [0.29, 0.717) is 25.3 Å². The molecule has 3 rings (SSSR count). The maximum atomic E-state index is 12.4. The van der Waals surface area contributed by atoms with Crippen LogP contribution in [0.1, 0.15) is 23.8 Å². The summed E-state index contributed by atoms with van der Waals surface area (Å²) in [5.74, 6) is -1.17. The van der Waals surface area contributed by atoms with E-state index in [2.05, 4.69) is 0 Å². The lowest BCUT2D eigenvalue weighted by Crippen LogP contribution is -2.33. The van der Waals surface area contributed by atoms with Gasteiger partial charge in [-0.25, -0.2) is 0 Å². The van der Waals surface area contributed by atoms with Crippen LogP contribution in [-0.4, -0.2) is 22.9 Å². The van der Waals surface area contributed by atoms with Gasteiger partial charge in [0, 0.05) is 17.4 Å². The van der Waals surface area contributed by atoms with Gasteiger partial charge in [0.2, 0.25) is 0 Å². The Balaban J connectivity index is 2.02. The van der Waals surface area contributed by atoms with Crippen LogP contribution >= 0.6 is 0 Å². The van der Waals surface area contributed by atoms with Crippen molar-refractivity contribution < 1.29 is 14.3 Å². The number of esters is 1. The summed E-state index contributed by atoms with van der Waals surface area (Å²) in [4.78, 5) is 24.2. The van der Waals surface area contributed by atoms with Crippen molar-refractivity contribution in [2.75, 3.05) is 6.61 Å². The number of aryl methyl sites for hydroxylation is 1. The van der Waals surface area contributed by atoms with Crippen molar-refractivity contribution in [3.8, 4) is 0 Å². The van der Waals surface area contributed by atoms with Crippen molar-refractivity contribution in [1.29, 1.82) is 0 Å². The van der Waals surface area contributed by atoms with Crippen molar-refractivity contribution in [2.24, 2.45) is 5.92 Å². The summed E-state index contributed by atoms with van der Waals surface area (Å²) in [6.45, 7) is 2.74. The molecule has 1 aromatic heterocycles. The Bertz CT molecular complexity index is 656. The lowest BCUT2D eigenvalue weighted by molar-refractivity contribution is -0.146. The number of benzene rings is 1. The van der Waals surface area contributed by atoms with Gasteiger partial charge in [-0.05, 0) is 25.5 Å². The summed E-state index contributed by atoms with van der Waals surface area (Å²) < 4.78 is 6.97. The summed E-state index contributed by atoms with van der Waals surface area (Å²) in [7, 11) is 0. The van der Waals surface area contributed by atoms with E-state index in [0.717, 1.165) is 10.9 Å². The Hall–Kier alpha value is -2.10. The molecule has 1 aliphatic rings. The Labute approximate surface area is 111 Å². The first-order valence-corrected chi connectivity index (χ1v) is 6.51. The van der Waals surface area contributed by atoms with Crippen molar-refractivity contribution >= 4 is 22.7 Å². The third-order valence-corrected chi connectivity index (χ3v) is 3.59. The molecule has 98 valence electrons. The highest BCUT2D eigenvalue weighted by atomic mass is 16.5. The van der Waals surface area contributed by atoms with Gasteiger partial charge >= 0.3 is 5.97 Å². The number of para-hydroxylation sites is 1. The lowest BCUT2D eigenvalue weighted by Gasteiger charge is -2.22. The smallest absolute Gasteiger partial charge is 0.316 e. The molecule has 4 nitrogen and oxygen atoms in total. The highest BCUT2D eigenvalue weighted by molar-refractivity contribution is 6.10. The summed E-state index contributed by atoms with van der Waals surface area (Å²) >= 11 is 0. The Morgan fingerprint density at radius 1 is 1.42 bits per heavy atom. The first-order valence-electron chi connectivity index (χ1n) is 6.51. The van der Waals surface area contributed by atoms with E-state index in [1.54, 1.807) is 6.92 Å². The van der Waals surface area contributed by atoms with Crippen LogP contribution in [0.4, 0.5) is 0 Å². The quantitative estimate of drug-likeness (QED) is 0.613. The topological polar surface area (TPSA) is 48.3 Å². The normalized spacial score (nSPS) is 18.4. The molecule has 19 heavy (non-hydrogen) atoms. The van der Waals surface area contributed by atoms with Crippen molar-refractivity contribution in [3.63, 3.8) is 0 Å². The van der Waals surface area contributed by atoms with Crippen LogP contribution in [-0.2, 0) is 16.1 Å². The molecule has 4 heteroatoms. The Morgan fingerprint density at radius 2 is 2.21 bits per heavy atom. The van der Waals surface area contributed by atoms with E-state index in [1.807, 2.05) is 34.9 Å². The molecule has 0 saturated heterocycles. The van der Waals surface area contributed by atoms with E-state index < -0.39 is 11.9 Å². The first kappa shape index (κ1) is 12.0. The average Bonchev–Trinajstić information content (AvgIpc) is 2.79. The van der Waals surface area contributed by atoms with E-state index in [-0.39, 0.29) is 5.78 Å². The SMILES string of the molecule is CCOC(=O)[C@H]1CCn2c(cc3ccccc32)C1=O. The summed E-state index contributed by atoms with van der Waals surface area (Å²) in [6, 6.07) is 9.74. The third-order valence-electron chi connectivity index (χ3n) is 3.59. The number of Topliss-reactive ketones (excluding diaryl/α,β-unsaturated/α-hetero) is 1. The molecule has 0 amide bonds. The zero-order chi connectivity index (χ0) is 13.4. The molecule has 0 fully saturated rings. The van der Waals surface area contributed by atoms with Crippen LogP contribution in [0.25, 0.3) is 10.9 Å². The molecule has 1 atom stereocenters. The van der Waals surface area contributed by atoms with Crippen LogP contribution in [0, 0.1) is 5.92 Å². The molecule has 1 aromatic carbocycles. The zero-order valence-electron chi connectivity index (χ0n) is 10.8. The second-order valence-corrected chi connectivity index (χ2v) is 4.70. The number of carbonyl (C=O) groups is 2. The van der Waals surface area contributed by atoms with Crippen molar-refractivity contribution in [3.05, 3.63) is 36.0 Å². The van der Waals surface area contributed by atoms with E-state index in [4.69, 9.17) is 4.74 Å². The van der Waals surface area contributed by atoms with Crippen molar-refractivity contribution in [2.45, 2.75) is 19.9 Å². The van der Waals surface area contributed by atoms with Gasteiger partial charge in [0.15, 0.2) is 5.78 Å². The number of carbonyl (C=O) groups excluding carboxylic acids is 2. The Kier molecular flexibility index (Phi) is 2.85. The van der Waals surface area contributed by atoms with E-state index in [9.17, 15) is 9.59 Å². The molecule has 0 radical (unpaired) electrons. The molecule has 0 bridgehead atoms. The number of hydrogen-bond donors (Lipinski definition) is 0. The highest BCUT2D eigenvalue weighted by Crippen LogP contribution is 2.28. The lowest BCUT2D eigenvalue weighted by atomic mass is 9.95. The fourth-order valence-electron chi connectivity index (χ4n) is 2.69. The van der Waals surface area contributed by atoms with Crippen LogP contribution < -0.4 is 0 Å². The summed E-state index contributed by atoms with van der Waals surface area (Å²) in [5, 5.41) is 1.04. The van der Waals surface area contributed by atoms with Crippen LogP contribution in [0.5, 0.6) is 0 Å². The van der Waals surface area contributed by atoms with Gasteiger partial charge < -0.3 is 9.30 Å². The van der Waals surface area contributed by atoms with Gasteiger partial charge in [-0.15, -0.1) is 0 Å². The number of fused-ring (bicyclic) bond motifs is 3. The van der Waals surface area contributed by atoms with Crippen molar-refractivity contribution in [1.82, 2.24) is 4.57 Å². The van der Waals surface area contributed by atoms with Gasteiger partial charge in [0.05, 0.1) is 12.3 Å². The average molecular weight is 257 g/mol. The monoisotopic (exact) mass is 257 g/mol. The second kappa shape index (κ2) is 4.53. The highest BCUT2D eigenvalue weighted by Gasteiger charge is 2.34. The second-order valence-electron chi connectivity index (χ2n) is 4.70. The van der Waals surface area contributed by atoms with Crippen LogP contribution in [0.15, 0.2) is 30.3 Å². The molecule has 0 unspecified atom stereocenters. The van der Waals surface area contributed by atoms with Crippen LogP contribution in [0.3, 0.4) is 0 Å². The predicted octanol–water partition coefficient (Wildman–Crippen LogP) is 2.41. The van der Waals surface area contributed by atoms with Gasteiger partial charge in [-0.2, -0.15) is 0 Å². The molecule has 2 aromatic rings. The summed E-state index contributed by atoms with van der Waals surface area (Å²) in [5.41, 5.74) is 1.67. The zero-order valence-corrected chi connectivity index (χ0v) is 10.8. The molecule has 0 saturated carbocycles. The molecule has 2 heterocycles. The summed E-state index contributed by atoms with van der Waals surface area (Å²) in [6.07, 6.45) is 0.517. The van der Waals surface area contributed by atoms with E-state index >= 15 is 0 Å². The number of ketones is 1. The fraction of sp³-hybridized carbons (Fsp3) is 0.333. The number of nitrogens with zero attached hydrogens (tertiary/aromatic N) is 1. The number of ether oxygens (including phenoxy) is 1. The van der Waals surface area contributed by atoms with Crippen LogP contribution in [0.2, 0.25) is 0 Å². The van der Waals surface area contributed by atoms with Gasteiger partial charge in [-0.3, -0.25) is 9.59 Å². The molecule has 0 N–H and O–H groups in total. The third kappa shape index (κ3) is 1.84. The first-order chi connectivity index (χ1) is 9.22. The minimum atomic E-state index is -0.642.